The van der Waals surface area contributed by atoms with Gasteiger partial charge >= 0.3 is 0 Å². The first kappa shape index (κ1) is 24.6. The van der Waals surface area contributed by atoms with Crippen molar-refractivity contribution in [1.82, 2.24) is 0 Å². The fourth-order valence-corrected chi connectivity index (χ4v) is 5.55. The minimum absolute atomic E-state index is 0.0800. The zero-order valence-corrected chi connectivity index (χ0v) is 18.5. The minimum atomic E-state index is -4.17. The van der Waals surface area contributed by atoms with E-state index in [0.717, 1.165) is 43.9 Å². The maximum atomic E-state index is 12.7. The van der Waals surface area contributed by atoms with E-state index in [1.165, 1.54) is 24.3 Å². The van der Waals surface area contributed by atoms with Crippen molar-refractivity contribution in [3.63, 3.8) is 0 Å². The van der Waals surface area contributed by atoms with Crippen molar-refractivity contribution in [1.29, 1.82) is 0 Å². The van der Waals surface area contributed by atoms with E-state index in [2.05, 4.69) is 10.7 Å². The highest BCUT2D eigenvalue weighted by Gasteiger charge is 2.25. The monoisotopic (exact) mass is 469 g/mol. The number of benzene rings is 2. The number of nitrogens with zero attached hydrogens (tertiary/aromatic N) is 3. The lowest BCUT2D eigenvalue weighted by Crippen LogP contribution is -2.08. The van der Waals surface area contributed by atoms with E-state index in [1.54, 1.807) is 6.07 Å². The Morgan fingerprint density at radius 1 is 0.968 bits per heavy atom. The molecule has 1 atom stereocenters. The standard InChI is InChI=1S/C19H23N3O7S2/c1-2-3-4-5-9-14-29-30(20-31(27,28)17-10-7-6-8-11-17)19-13-12-16(21(23)24)15-18(19)22(25)26/h6-8,10-13,15H,2-5,9,14H2,1H3. The molecule has 10 nitrogen and oxygen atoms in total. The van der Waals surface area contributed by atoms with E-state index >= 15 is 0 Å². The average molecular weight is 470 g/mol. The van der Waals surface area contributed by atoms with Gasteiger partial charge in [-0.25, -0.2) is 0 Å². The Morgan fingerprint density at radius 2 is 1.65 bits per heavy atom. The third-order valence-electron chi connectivity index (χ3n) is 4.19. The molecule has 0 spiro atoms. The van der Waals surface area contributed by atoms with Crippen molar-refractivity contribution in [2.24, 2.45) is 3.77 Å². The van der Waals surface area contributed by atoms with Gasteiger partial charge in [-0.05, 0) is 24.6 Å². The molecular weight excluding hydrogens is 446 g/mol. The lowest BCUT2D eigenvalue weighted by Gasteiger charge is -2.10. The summed E-state index contributed by atoms with van der Waals surface area (Å²) in [5.41, 5.74) is -1.10. The molecule has 2 aromatic rings. The van der Waals surface area contributed by atoms with Gasteiger partial charge in [-0.3, -0.25) is 20.2 Å². The molecular formula is C19H23N3O7S2. The molecule has 0 aromatic heterocycles. The Balaban J connectivity index is 2.45. The predicted molar refractivity (Wildman–Crippen MR) is 116 cm³/mol. The Kier molecular flexibility index (Phi) is 9.21. The minimum Gasteiger partial charge on any atom is -0.301 e. The van der Waals surface area contributed by atoms with Crippen molar-refractivity contribution in [2.75, 3.05) is 6.61 Å². The fourth-order valence-electron chi connectivity index (χ4n) is 2.60. The zero-order valence-electron chi connectivity index (χ0n) is 16.9. The van der Waals surface area contributed by atoms with Gasteiger partial charge in [0.15, 0.2) is 0 Å². The van der Waals surface area contributed by atoms with Gasteiger partial charge in [-0.2, -0.15) is 8.42 Å². The SMILES string of the molecule is CCCCCCCO/S(=N\S(=O)(=O)c1ccccc1)c1ccc([N+](=O)[O-])cc1[N+](=O)[O-]. The summed E-state index contributed by atoms with van der Waals surface area (Å²) in [6, 6.07) is 10.4. The van der Waals surface area contributed by atoms with Crippen LogP contribution in [0.2, 0.25) is 0 Å². The molecule has 0 fully saturated rings. The van der Waals surface area contributed by atoms with Crippen molar-refractivity contribution in [3.05, 3.63) is 68.8 Å². The Morgan fingerprint density at radius 3 is 2.26 bits per heavy atom. The van der Waals surface area contributed by atoms with Crippen LogP contribution < -0.4 is 0 Å². The lowest BCUT2D eigenvalue weighted by atomic mass is 10.2. The van der Waals surface area contributed by atoms with E-state index in [4.69, 9.17) is 4.18 Å². The number of rotatable bonds is 12. The van der Waals surface area contributed by atoms with Crippen LogP contribution in [-0.2, 0) is 25.2 Å². The number of hydrogen-bond donors (Lipinski definition) is 0. The zero-order chi connectivity index (χ0) is 22.9. The molecule has 0 aliphatic rings. The summed E-state index contributed by atoms with van der Waals surface area (Å²) < 4.78 is 34.9. The Hall–Kier alpha value is -2.70. The molecule has 168 valence electrons. The van der Waals surface area contributed by atoms with Crippen molar-refractivity contribution in [2.45, 2.75) is 48.8 Å². The topological polar surface area (TPSA) is 142 Å². The van der Waals surface area contributed by atoms with E-state index in [9.17, 15) is 28.6 Å². The van der Waals surface area contributed by atoms with Crippen LogP contribution in [0.3, 0.4) is 0 Å². The molecule has 0 saturated heterocycles. The van der Waals surface area contributed by atoms with Crippen LogP contribution in [0.25, 0.3) is 0 Å². The van der Waals surface area contributed by atoms with Crippen molar-refractivity contribution < 1.29 is 22.4 Å². The van der Waals surface area contributed by atoms with Crippen LogP contribution >= 0.6 is 0 Å². The molecule has 12 heteroatoms. The summed E-state index contributed by atoms with van der Waals surface area (Å²) in [7, 11) is -6.02. The maximum absolute atomic E-state index is 12.7. The van der Waals surface area contributed by atoms with Gasteiger partial charge in [-0.15, -0.1) is 3.77 Å². The molecule has 0 bridgehead atoms. The van der Waals surface area contributed by atoms with Gasteiger partial charge < -0.3 is 4.18 Å². The number of sulfonamides is 1. The summed E-state index contributed by atoms with van der Waals surface area (Å²) in [4.78, 5) is 20.7. The van der Waals surface area contributed by atoms with Gasteiger partial charge in [0.1, 0.15) is 4.90 Å². The summed E-state index contributed by atoms with van der Waals surface area (Å²) >= 11 is 0. The summed E-state index contributed by atoms with van der Waals surface area (Å²) in [5, 5.41) is 22.5. The molecule has 0 aliphatic carbocycles. The molecule has 1 unspecified atom stereocenters. The molecule has 2 aromatic carbocycles. The predicted octanol–water partition coefficient (Wildman–Crippen LogP) is 4.95. The van der Waals surface area contributed by atoms with E-state index in [-0.39, 0.29) is 16.4 Å². The van der Waals surface area contributed by atoms with Crippen LogP contribution in [0.5, 0.6) is 0 Å². The molecule has 31 heavy (non-hydrogen) atoms. The first-order valence-corrected chi connectivity index (χ1v) is 12.1. The molecule has 0 radical (unpaired) electrons. The van der Waals surface area contributed by atoms with Gasteiger partial charge in [0.05, 0.1) is 38.4 Å². The van der Waals surface area contributed by atoms with Crippen molar-refractivity contribution in [3.8, 4) is 0 Å². The second-order valence-corrected chi connectivity index (χ2v) is 9.71. The van der Waals surface area contributed by atoms with Crippen LogP contribution in [0, 0.1) is 20.2 Å². The summed E-state index contributed by atoms with van der Waals surface area (Å²) in [6.45, 7) is 2.23. The maximum Gasteiger partial charge on any atom is 0.293 e. The van der Waals surface area contributed by atoms with Crippen molar-refractivity contribution >= 4 is 32.4 Å². The third-order valence-corrected chi connectivity index (χ3v) is 7.49. The van der Waals surface area contributed by atoms with Crippen LogP contribution in [0.1, 0.15) is 39.0 Å². The highest BCUT2D eigenvalue weighted by Crippen LogP contribution is 2.30. The Labute approximate surface area is 182 Å². The van der Waals surface area contributed by atoms with E-state index < -0.39 is 42.2 Å². The highest BCUT2D eigenvalue weighted by atomic mass is 32.3. The molecule has 0 saturated carbocycles. The highest BCUT2D eigenvalue weighted by molar-refractivity contribution is 7.98. The molecule has 2 rings (SSSR count). The van der Waals surface area contributed by atoms with Gasteiger partial charge in [-0.1, -0.05) is 50.8 Å². The molecule has 0 heterocycles. The second-order valence-electron chi connectivity index (χ2n) is 6.51. The van der Waals surface area contributed by atoms with E-state index in [0.29, 0.717) is 6.42 Å². The summed E-state index contributed by atoms with van der Waals surface area (Å²) in [5.74, 6) is 0. The largest absolute Gasteiger partial charge is 0.301 e. The van der Waals surface area contributed by atoms with Crippen LogP contribution in [0.15, 0.2) is 62.1 Å². The molecule has 0 N–H and O–H groups in total. The third kappa shape index (κ3) is 7.19. The number of unbranched alkanes of at least 4 members (excludes halogenated alkanes) is 4. The van der Waals surface area contributed by atoms with Crippen LogP contribution in [-0.4, -0.2) is 24.9 Å². The van der Waals surface area contributed by atoms with Gasteiger partial charge in [0.25, 0.3) is 21.4 Å². The van der Waals surface area contributed by atoms with Gasteiger partial charge in [0, 0.05) is 6.07 Å². The normalized spacial score (nSPS) is 12.5. The number of nitro benzene ring substituents is 2. The Bertz CT molecular complexity index is 1060. The molecule has 0 amide bonds. The first-order valence-electron chi connectivity index (χ1n) is 9.60. The first-order chi connectivity index (χ1) is 14.8. The number of hydrogen-bond acceptors (Lipinski definition) is 7. The lowest BCUT2D eigenvalue weighted by molar-refractivity contribution is -0.396. The van der Waals surface area contributed by atoms with E-state index in [1.807, 2.05) is 0 Å². The fraction of sp³-hybridized carbons (Fsp3) is 0.368. The number of non-ortho nitro benzene ring substituents is 1. The van der Waals surface area contributed by atoms with Gasteiger partial charge in [0.2, 0.25) is 0 Å². The summed E-state index contributed by atoms with van der Waals surface area (Å²) in [6.07, 6.45) is 4.60. The smallest absolute Gasteiger partial charge is 0.293 e. The van der Waals surface area contributed by atoms with Crippen LogP contribution in [0.4, 0.5) is 11.4 Å². The second kappa shape index (κ2) is 11.6. The molecule has 0 aliphatic heterocycles. The average Bonchev–Trinajstić information content (AvgIpc) is 2.75. The quantitative estimate of drug-likeness (QED) is 0.243. The number of nitro groups is 2.